The summed E-state index contributed by atoms with van der Waals surface area (Å²) in [6.07, 6.45) is 0.124. The van der Waals surface area contributed by atoms with Crippen molar-refractivity contribution in [3.05, 3.63) is 0 Å². The van der Waals surface area contributed by atoms with Gasteiger partial charge >= 0.3 is 14.9 Å². The number of carbonyl (C=O) groups excluding carboxylic acids is 1. The number of methoxy groups -OCH3 is 1. The molecule has 0 fully saturated rings. The van der Waals surface area contributed by atoms with E-state index in [9.17, 15) is 4.79 Å². The second kappa shape index (κ2) is 15.8. The number of hydrogen-bond acceptors (Lipinski definition) is 8. The van der Waals surface area contributed by atoms with Crippen LogP contribution in [0.5, 0.6) is 0 Å². The van der Waals surface area contributed by atoms with E-state index in [2.05, 4.69) is 5.32 Å². The van der Waals surface area contributed by atoms with Gasteiger partial charge < -0.3 is 37.5 Å². The molecular weight excluding hydrogens is 338 g/mol. The van der Waals surface area contributed by atoms with Gasteiger partial charge in [-0.25, -0.2) is 4.79 Å². The van der Waals surface area contributed by atoms with Crippen LogP contribution in [0, 0.1) is 0 Å². The quantitative estimate of drug-likeness (QED) is 0.313. The van der Waals surface area contributed by atoms with Crippen molar-refractivity contribution in [2.24, 2.45) is 0 Å². The SMILES string of the molecule is COCCOCCOCCNC(=O)OCCC[Si](OC)(OC)OC. The fraction of sp³-hybridized carbons (Fsp3) is 0.929. The number of carbonyl (C=O) groups is 1. The smallest absolute Gasteiger partial charge is 0.450 e. The summed E-state index contributed by atoms with van der Waals surface area (Å²) in [4.78, 5) is 11.5. The molecule has 24 heavy (non-hydrogen) atoms. The summed E-state index contributed by atoms with van der Waals surface area (Å²) in [5.74, 6) is 0. The van der Waals surface area contributed by atoms with Crippen LogP contribution in [-0.4, -0.2) is 89.5 Å². The molecule has 9 nitrogen and oxygen atoms in total. The van der Waals surface area contributed by atoms with Gasteiger partial charge in [-0.1, -0.05) is 0 Å². The number of rotatable bonds is 16. The van der Waals surface area contributed by atoms with Crippen LogP contribution < -0.4 is 5.32 Å². The van der Waals surface area contributed by atoms with E-state index in [4.69, 9.17) is 32.2 Å². The van der Waals surface area contributed by atoms with E-state index in [1.807, 2.05) is 0 Å². The minimum Gasteiger partial charge on any atom is -0.450 e. The lowest BCUT2D eigenvalue weighted by atomic mass is 10.5. The van der Waals surface area contributed by atoms with E-state index >= 15 is 0 Å². The van der Waals surface area contributed by atoms with Crippen molar-refractivity contribution in [2.75, 3.05) is 74.6 Å². The van der Waals surface area contributed by atoms with Crippen LogP contribution in [0.1, 0.15) is 6.42 Å². The fourth-order valence-electron chi connectivity index (χ4n) is 1.75. The van der Waals surface area contributed by atoms with Gasteiger partial charge in [0.15, 0.2) is 0 Å². The summed E-state index contributed by atoms with van der Waals surface area (Å²) in [6, 6.07) is 0.579. The maximum Gasteiger partial charge on any atom is 0.500 e. The third kappa shape index (κ3) is 11.7. The van der Waals surface area contributed by atoms with Crippen LogP contribution in [0.15, 0.2) is 0 Å². The van der Waals surface area contributed by atoms with Gasteiger partial charge in [0, 0.05) is 41.0 Å². The monoisotopic (exact) mass is 369 g/mol. The zero-order valence-electron chi connectivity index (χ0n) is 15.1. The van der Waals surface area contributed by atoms with Crippen molar-refractivity contribution >= 4 is 14.9 Å². The first-order chi connectivity index (χ1) is 11.6. The van der Waals surface area contributed by atoms with Gasteiger partial charge in [-0.15, -0.1) is 0 Å². The van der Waals surface area contributed by atoms with Gasteiger partial charge in [0.05, 0.1) is 39.6 Å². The van der Waals surface area contributed by atoms with Crippen molar-refractivity contribution in [3.8, 4) is 0 Å². The maximum atomic E-state index is 11.5. The first-order valence-corrected chi connectivity index (χ1v) is 9.77. The van der Waals surface area contributed by atoms with Crippen LogP contribution >= 0.6 is 0 Å². The third-order valence-electron chi connectivity index (χ3n) is 3.11. The van der Waals surface area contributed by atoms with Crippen molar-refractivity contribution < 1.29 is 37.0 Å². The van der Waals surface area contributed by atoms with Crippen LogP contribution in [0.3, 0.4) is 0 Å². The Kier molecular flexibility index (Phi) is 15.3. The molecule has 0 aliphatic rings. The standard InChI is InChI=1S/C14H31NO8Si/c1-17-9-10-22-12-11-21-8-6-15-14(16)23-7-5-13-24(18-2,19-3)20-4/h5-13H2,1-4H3,(H,15,16). The summed E-state index contributed by atoms with van der Waals surface area (Å²) in [7, 11) is 3.68. The number of hydrogen-bond donors (Lipinski definition) is 1. The Hall–Kier alpha value is -0.753. The summed E-state index contributed by atoms with van der Waals surface area (Å²) in [6.45, 7) is 3.13. The van der Waals surface area contributed by atoms with Crippen molar-refractivity contribution in [3.63, 3.8) is 0 Å². The van der Waals surface area contributed by atoms with Crippen molar-refractivity contribution in [1.29, 1.82) is 0 Å². The molecule has 0 bridgehead atoms. The lowest BCUT2D eigenvalue weighted by Gasteiger charge is -2.24. The molecule has 0 saturated carbocycles. The Bertz CT molecular complexity index is 296. The lowest BCUT2D eigenvalue weighted by Crippen LogP contribution is -2.42. The molecular formula is C14H31NO8Si. The third-order valence-corrected chi connectivity index (χ3v) is 5.94. The molecule has 0 aromatic carbocycles. The average molecular weight is 369 g/mol. The molecule has 0 aliphatic heterocycles. The minimum absolute atomic E-state index is 0.269. The van der Waals surface area contributed by atoms with Gasteiger partial charge in [-0.05, 0) is 6.42 Å². The van der Waals surface area contributed by atoms with Crippen molar-refractivity contribution in [1.82, 2.24) is 5.32 Å². The molecule has 0 unspecified atom stereocenters. The van der Waals surface area contributed by atoms with E-state index in [1.54, 1.807) is 28.4 Å². The number of amides is 1. The molecule has 0 aliphatic carbocycles. The molecule has 144 valence electrons. The number of ether oxygens (including phenoxy) is 4. The first-order valence-electron chi connectivity index (χ1n) is 7.84. The average Bonchev–Trinajstić information content (AvgIpc) is 2.61. The van der Waals surface area contributed by atoms with E-state index < -0.39 is 14.9 Å². The van der Waals surface area contributed by atoms with Gasteiger partial charge in [-0.3, -0.25) is 0 Å². The Labute approximate surface area is 145 Å². The maximum absolute atomic E-state index is 11.5. The highest BCUT2D eigenvalue weighted by Crippen LogP contribution is 2.14. The van der Waals surface area contributed by atoms with Crippen LogP contribution in [0.25, 0.3) is 0 Å². The van der Waals surface area contributed by atoms with Gasteiger partial charge in [0.2, 0.25) is 0 Å². The zero-order valence-corrected chi connectivity index (χ0v) is 16.1. The highest BCUT2D eigenvalue weighted by Gasteiger charge is 2.36. The van der Waals surface area contributed by atoms with Gasteiger partial charge in [0.25, 0.3) is 0 Å². The molecule has 1 N–H and O–H groups in total. The topological polar surface area (TPSA) is 93.7 Å². The number of nitrogens with one attached hydrogen (secondary N) is 1. The number of alkyl carbamates (subject to hydrolysis) is 1. The summed E-state index contributed by atoms with van der Waals surface area (Å²) in [5, 5.41) is 2.60. The fourth-order valence-corrected chi connectivity index (χ4v) is 3.44. The molecule has 0 saturated heterocycles. The van der Waals surface area contributed by atoms with Crippen molar-refractivity contribution in [2.45, 2.75) is 12.5 Å². The van der Waals surface area contributed by atoms with Crippen LogP contribution in [0.4, 0.5) is 4.79 Å². The molecule has 1 amide bonds. The van der Waals surface area contributed by atoms with Crippen LogP contribution in [-0.2, 0) is 32.2 Å². The summed E-state index contributed by atoms with van der Waals surface area (Å²) >= 11 is 0. The van der Waals surface area contributed by atoms with Gasteiger partial charge in [-0.2, -0.15) is 0 Å². The second-order valence-corrected chi connectivity index (χ2v) is 7.77. The Morgan fingerprint density at radius 2 is 1.42 bits per heavy atom. The van der Waals surface area contributed by atoms with E-state index in [1.165, 1.54) is 0 Å². The highest BCUT2D eigenvalue weighted by atomic mass is 28.4. The second-order valence-electron chi connectivity index (χ2n) is 4.68. The first kappa shape index (κ1) is 23.2. The van der Waals surface area contributed by atoms with E-state index in [-0.39, 0.29) is 6.61 Å². The normalized spacial score (nSPS) is 11.5. The molecule has 0 rings (SSSR count). The highest BCUT2D eigenvalue weighted by molar-refractivity contribution is 6.60. The molecule has 0 spiro atoms. The molecule has 0 aromatic heterocycles. The molecule has 0 aromatic rings. The minimum atomic E-state index is -2.59. The summed E-state index contributed by atoms with van der Waals surface area (Å²) < 4.78 is 36.3. The molecule has 10 heteroatoms. The van der Waals surface area contributed by atoms with Gasteiger partial charge in [0.1, 0.15) is 0 Å². The molecule has 0 radical (unpaired) electrons. The zero-order chi connectivity index (χ0) is 18.1. The molecule has 0 heterocycles. The summed E-state index contributed by atoms with van der Waals surface area (Å²) in [5.41, 5.74) is 0. The largest absolute Gasteiger partial charge is 0.500 e. The van der Waals surface area contributed by atoms with Crippen LogP contribution in [0.2, 0.25) is 6.04 Å². The van der Waals surface area contributed by atoms with E-state index in [0.717, 1.165) is 0 Å². The Balaban J connectivity index is 3.47. The Morgan fingerprint density at radius 3 is 2.00 bits per heavy atom. The predicted molar refractivity (Wildman–Crippen MR) is 89.1 cm³/mol. The molecule has 0 atom stereocenters. The predicted octanol–water partition coefficient (Wildman–Crippen LogP) is 0.660. The van der Waals surface area contributed by atoms with E-state index in [0.29, 0.717) is 52.0 Å². The Morgan fingerprint density at radius 1 is 0.833 bits per heavy atom. The lowest BCUT2D eigenvalue weighted by molar-refractivity contribution is 0.0254.